The lowest BCUT2D eigenvalue weighted by molar-refractivity contribution is 0.660. The van der Waals surface area contributed by atoms with E-state index in [1.54, 1.807) is 0 Å². The van der Waals surface area contributed by atoms with Gasteiger partial charge in [-0.15, -0.1) is 0 Å². The van der Waals surface area contributed by atoms with E-state index in [0.717, 1.165) is 22.4 Å². The Morgan fingerprint density at radius 2 is 0.504 bits per heavy atom. The van der Waals surface area contributed by atoms with Crippen molar-refractivity contribution in [1.82, 2.24) is 22.8 Å². The van der Waals surface area contributed by atoms with E-state index in [-0.39, 0.29) is 5.41 Å². The standard InChI is InChI=1S/C37H26BrN.2C24H16BrN.2C18H12BrN/c1-37(2)32-10-6-5-9-29(32)30-22-27(17-18-33(30)37)39-34-19-14-25(23-11-15-26(38)16-12-23)21-31(34)36-28-8-4-3-7-24(28)13-20-35(36)39;25-19-8-6-7-17(15-19)18-13-14-22-21-11-4-5-12-23(21)26(24(22)16-18)20-9-2-1-3-10-20;25-19-13-10-17(11-14-19)18-12-15-22-21-8-4-5-9-23(21)26(24(22)16-18)20-6-2-1-3-7-20;19-13-10-11-18-16(12-13)15-8-4-5-9-17(15)20(18)14-6-2-1-3-7-14;19-13-10-11-16-15-8-4-5-9-17(15)20(18(16)12-13)14-6-2-1-3-7-14/h3-22H,1-2H3;2*1-16H;2*1-12H. The van der Waals surface area contributed by atoms with Crippen molar-refractivity contribution in [2.45, 2.75) is 19.3 Å². The van der Waals surface area contributed by atoms with Crippen LogP contribution in [0.25, 0.3) is 193 Å². The largest absolute Gasteiger partial charge is 0.309 e. The first-order chi connectivity index (χ1) is 64.3. The summed E-state index contributed by atoms with van der Waals surface area (Å²) in [6.07, 6.45) is 0. The molecule has 0 bridgehead atoms. The van der Waals surface area contributed by atoms with E-state index in [0.29, 0.717) is 0 Å². The van der Waals surface area contributed by atoms with Crippen molar-refractivity contribution in [2.75, 3.05) is 0 Å². The second-order valence-corrected chi connectivity index (χ2v) is 38.3. The summed E-state index contributed by atoms with van der Waals surface area (Å²) in [5.41, 5.74) is 31.2. The molecule has 0 unspecified atom stereocenters. The SMILES string of the molecule is Brc1ccc(-c2ccc3c4ccccc4n(-c4ccccc4)c3c2)cc1.Brc1ccc2c(c1)c1ccccc1n2-c1ccccc1.Brc1ccc2c3ccccc3n(-c3ccccc3)c2c1.Brc1cccc(-c2ccc3c4ccccc4n(-c4ccccc4)c3c2)c1.CC1(C)c2ccccc2-c2cc(-n3c4ccc(-c5ccc(Br)cc5)cc4c4c5ccccc5ccc43)ccc21. The highest BCUT2D eigenvalue weighted by atomic mass is 79.9. The van der Waals surface area contributed by atoms with Gasteiger partial charge in [0.25, 0.3) is 0 Å². The van der Waals surface area contributed by atoms with Crippen LogP contribution in [0, 0.1) is 0 Å². The summed E-state index contributed by atoms with van der Waals surface area (Å²) < 4.78 is 17.3. The molecule has 0 aliphatic heterocycles. The molecule has 20 aromatic carbocycles. The Labute approximate surface area is 801 Å². The van der Waals surface area contributed by atoms with Gasteiger partial charge in [0.05, 0.1) is 55.2 Å². The first kappa shape index (κ1) is 82.7. The minimum absolute atomic E-state index is 0.00105. The van der Waals surface area contributed by atoms with Gasteiger partial charge in [-0.2, -0.15) is 0 Å². The summed E-state index contributed by atoms with van der Waals surface area (Å²) in [6, 6.07) is 165. The molecule has 5 aromatic heterocycles. The Balaban J connectivity index is 0.0000000982. The molecule has 10 heteroatoms. The normalized spacial score (nSPS) is 12.0. The van der Waals surface area contributed by atoms with Crippen LogP contribution >= 0.6 is 79.6 Å². The zero-order valence-electron chi connectivity index (χ0n) is 71.5. The molecule has 0 amide bonds. The van der Waals surface area contributed by atoms with E-state index in [1.807, 2.05) is 12.1 Å². The summed E-state index contributed by atoms with van der Waals surface area (Å²) >= 11 is 17.8. The minimum Gasteiger partial charge on any atom is -0.309 e. The van der Waals surface area contributed by atoms with Crippen molar-refractivity contribution in [3.05, 3.63) is 495 Å². The van der Waals surface area contributed by atoms with Crippen LogP contribution in [-0.2, 0) is 5.41 Å². The van der Waals surface area contributed by atoms with Gasteiger partial charge in [0.2, 0.25) is 0 Å². The first-order valence-corrected chi connectivity index (χ1v) is 47.9. The van der Waals surface area contributed by atoms with Crippen molar-refractivity contribution < 1.29 is 0 Å². The Bertz CT molecular complexity index is 8660. The van der Waals surface area contributed by atoms with E-state index < -0.39 is 0 Å². The molecule has 0 fully saturated rings. The second-order valence-electron chi connectivity index (χ2n) is 33.7. The number of halogens is 5. The van der Waals surface area contributed by atoms with Crippen LogP contribution in [0.1, 0.15) is 25.0 Å². The third-order valence-electron chi connectivity index (χ3n) is 25.7. The smallest absolute Gasteiger partial charge is 0.0552 e. The third kappa shape index (κ3) is 15.4. The Morgan fingerprint density at radius 3 is 1.03 bits per heavy atom. The van der Waals surface area contributed by atoms with Crippen molar-refractivity contribution in [3.8, 4) is 72.9 Å². The minimum atomic E-state index is 0.00105. The lowest BCUT2D eigenvalue weighted by Crippen LogP contribution is -2.14. The van der Waals surface area contributed by atoms with Gasteiger partial charge in [-0.25, -0.2) is 0 Å². The predicted molar refractivity (Wildman–Crippen MR) is 574 cm³/mol. The molecule has 5 nitrogen and oxygen atoms in total. The fraction of sp³-hybridized carbons (Fsp3) is 0.0248. The van der Waals surface area contributed by atoms with Gasteiger partial charge >= 0.3 is 0 Å². The number of para-hydroxylation sites is 8. The van der Waals surface area contributed by atoms with Gasteiger partial charge in [-0.05, 0) is 248 Å². The van der Waals surface area contributed by atoms with Gasteiger partial charge in [0.1, 0.15) is 0 Å². The zero-order chi connectivity index (χ0) is 88.4. The molecule has 26 rings (SSSR count). The lowest BCUT2D eigenvalue weighted by Gasteiger charge is -2.21. The van der Waals surface area contributed by atoms with Crippen molar-refractivity contribution in [2.24, 2.45) is 0 Å². The lowest BCUT2D eigenvalue weighted by atomic mass is 9.82. The predicted octanol–water partition coefficient (Wildman–Crippen LogP) is 36.2. The highest BCUT2D eigenvalue weighted by molar-refractivity contribution is 9.11. The van der Waals surface area contributed by atoms with Gasteiger partial charge in [0.15, 0.2) is 0 Å². The number of aromatic nitrogens is 5. The van der Waals surface area contributed by atoms with Gasteiger partial charge in [0, 0.05) is 110 Å². The molecule has 5 heterocycles. The maximum absolute atomic E-state index is 3.58. The Morgan fingerprint density at radius 1 is 0.168 bits per heavy atom. The summed E-state index contributed by atoms with van der Waals surface area (Å²) in [5.74, 6) is 0. The van der Waals surface area contributed by atoms with E-state index in [9.17, 15) is 0 Å². The fourth-order valence-electron chi connectivity index (χ4n) is 19.7. The number of benzene rings is 20. The highest BCUT2D eigenvalue weighted by Crippen LogP contribution is 2.51. The van der Waals surface area contributed by atoms with Crippen LogP contribution < -0.4 is 0 Å². The molecule has 626 valence electrons. The number of hydrogen-bond acceptors (Lipinski definition) is 0. The topological polar surface area (TPSA) is 24.6 Å². The summed E-state index contributed by atoms with van der Waals surface area (Å²) in [7, 11) is 0. The monoisotopic (exact) mass is 2000 g/mol. The van der Waals surface area contributed by atoms with E-state index in [1.165, 1.54) is 204 Å². The van der Waals surface area contributed by atoms with Gasteiger partial charge < -0.3 is 22.8 Å². The quantitative estimate of drug-likeness (QED) is 0.145. The maximum Gasteiger partial charge on any atom is 0.0552 e. The van der Waals surface area contributed by atoms with Crippen molar-refractivity contribution in [3.63, 3.8) is 0 Å². The Hall–Kier alpha value is -13.9. The molecule has 25 aromatic rings. The zero-order valence-corrected chi connectivity index (χ0v) is 79.4. The van der Waals surface area contributed by atoms with Crippen molar-refractivity contribution in [1.29, 1.82) is 0 Å². The fourth-order valence-corrected chi connectivity index (χ4v) is 21.3. The molecule has 0 N–H and O–H groups in total. The molecular formula is C121H82Br5N5. The summed E-state index contributed by atoms with van der Waals surface area (Å²) in [4.78, 5) is 0. The molecule has 0 saturated carbocycles. The van der Waals surface area contributed by atoms with Crippen LogP contribution in [0.3, 0.4) is 0 Å². The van der Waals surface area contributed by atoms with Gasteiger partial charge in [-0.1, -0.05) is 373 Å². The molecule has 0 radical (unpaired) electrons. The number of hydrogen-bond donors (Lipinski definition) is 0. The summed E-state index contributed by atoms with van der Waals surface area (Å²) in [6.45, 7) is 4.68. The molecule has 0 saturated heterocycles. The average Bonchev–Trinajstić information content (AvgIpc) is 1.58. The van der Waals surface area contributed by atoms with E-state index >= 15 is 0 Å². The van der Waals surface area contributed by atoms with Crippen LogP contribution in [0.15, 0.2) is 483 Å². The van der Waals surface area contributed by atoms with Gasteiger partial charge in [-0.3, -0.25) is 0 Å². The number of fused-ring (bicyclic) bond motifs is 20. The molecule has 1 aliphatic rings. The summed E-state index contributed by atoms with van der Waals surface area (Å²) in [5, 5.41) is 15.4. The maximum atomic E-state index is 3.58. The first-order valence-electron chi connectivity index (χ1n) is 44.0. The number of nitrogens with zero attached hydrogens (tertiary/aromatic N) is 5. The molecule has 131 heavy (non-hydrogen) atoms. The van der Waals surface area contributed by atoms with Crippen LogP contribution in [0.4, 0.5) is 0 Å². The van der Waals surface area contributed by atoms with Crippen molar-refractivity contribution >= 4 is 199 Å². The molecule has 1 aliphatic carbocycles. The van der Waals surface area contributed by atoms with Crippen LogP contribution in [0.2, 0.25) is 0 Å². The third-order valence-corrected chi connectivity index (χ3v) is 28.2. The Kier molecular flexibility index (Phi) is 22.2. The van der Waals surface area contributed by atoms with Crippen LogP contribution in [0.5, 0.6) is 0 Å². The molecular weight excluding hydrogens is 1920 g/mol. The van der Waals surface area contributed by atoms with E-state index in [2.05, 4.69) is 565 Å². The molecule has 0 atom stereocenters. The second kappa shape index (κ2) is 35.2. The number of rotatable bonds is 8. The van der Waals surface area contributed by atoms with E-state index in [4.69, 9.17) is 0 Å². The molecule has 0 spiro atoms. The van der Waals surface area contributed by atoms with Crippen LogP contribution in [-0.4, -0.2) is 22.8 Å². The highest BCUT2D eigenvalue weighted by Gasteiger charge is 2.36. The average molecular weight is 2010 g/mol.